The predicted molar refractivity (Wildman–Crippen MR) is 373 cm³/mol. The molecule has 12 N–H and O–H groups in total. The lowest BCUT2D eigenvalue weighted by Crippen LogP contribution is -2.66. The van der Waals surface area contributed by atoms with Crippen LogP contribution in [-0.2, 0) is 33.2 Å². The highest BCUT2D eigenvalue weighted by atomic mass is 16.8. The lowest BCUT2D eigenvalue weighted by molar-refractivity contribution is -0.379. The molecule has 3 heterocycles. The Morgan fingerprint density at radius 3 is 1.17 bits per heavy atom. The van der Waals surface area contributed by atoms with Crippen LogP contribution in [-0.4, -0.2) is 193 Å². The molecule has 3 saturated heterocycles. The highest BCUT2D eigenvalue weighted by Gasteiger charge is 2.53. The number of ether oxygens (including phenoxy) is 6. The first-order valence-electron chi connectivity index (χ1n) is 34.9. The van der Waals surface area contributed by atoms with Gasteiger partial charge in [0.15, 0.2) is 18.9 Å². The van der Waals surface area contributed by atoms with Crippen LogP contribution in [0.25, 0.3) is 0 Å². The second-order valence-electron chi connectivity index (χ2n) is 23.9. The zero-order valence-electron chi connectivity index (χ0n) is 56.6. The second-order valence-corrected chi connectivity index (χ2v) is 23.9. The van der Waals surface area contributed by atoms with Gasteiger partial charge < -0.3 is 89.9 Å². The van der Waals surface area contributed by atoms with Gasteiger partial charge in [0.1, 0.15) is 73.2 Å². The van der Waals surface area contributed by atoms with Crippen molar-refractivity contribution in [2.75, 3.05) is 26.4 Å². The summed E-state index contributed by atoms with van der Waals surface area (Å²) < 4.78 is 34.2. The number of carbonyl (C=O) groups is 1. The number of amides is 1. The lowest BCUT2D eigenvalue weighted by atomic mass is 9.96. The maximum atomic E-state index is 13.3. The molecule has 0 aromatic heterocycles. The topological polar surface area (TPSA) is 307 Å². The van der Waals surface area contributed by atoms with Gasteiger partial charge in [-0.3, -0.25) is 4.79 Å². The number of aliphatic hydroxyl groups is 11. The number of hydrogen-bond acceptors (Lipinski definition) is 18. The summed E-state index contributed by atoms with van der Waals surface area (Å²) in [5, 5.41) is 120. The molecule has 0 spiro atoms. The molecular formula is C76H119NO18. The minimum Gasteiger partial charge on any atom is -0.394 e. The Balaban J connectivity index is 1.33. The molecule has 17 unspecified atom stereocenters. The largest absolute Gasteiger partial charge is 0.394 e. The number of rotatable bonds is 50. The Labute approximate surface area is 567 Å². The van der Waals surface area contributed by atoms with Crippen LogP contribution in [0, 0.1) is 0 Å². The molecule has 3 rings (SSSR count). The normalized spacial score (nSPS) is 28.3. The van der Waals surface area contributed by atoms with E-state index in [1.54, 1.807) is 6.08 Å². The summed E-state index contributed by atoms with van der Waals surface area (Å²) >= 11 is 0. The highest BCUT2D eigenvalue weighted by molar-refractivity contribution is 5.76. The number of nitrogens with one attached hydrogen (secondary N) is 1. The van der Waals surface area contributed by atoms with Crippen molar-refractivity contribution in [3.63, 3.8) is 0 Å². The molecule has 19 nitrogen and oxygen atoms in total. The van der Waals surface area contributed by atoms with Crippen LogP contribution in [0.15, 0.2) is 170 Å². The monoisotopic (exact) mass is 1330 g/mol. The van der Waals surface area contributed by atoms with Crippen LogP contribution >= 0.6 is 0 Å². The van der Waals surface area contributed by atoms with Crippen molar-refractivity contribution in [3.8, 4) is 0 Å². The Bertz CT molecular complexity index is 2390. The summed E-state index contributed by atoms with van der Waals surface area (Å²) in [6.45, 7) is 1.46. The molecule has 1 amide bonds. The average molecular weight is 1330 g/mol. The van der Waals surface area contributed by atoms with E-state index >= 15 is 0 Å². The van der Waals surface area contributed by atoms with Gasteiger partial charge in [0.2, 0.25) is 5.91 Å². The highest BCUT2D eigenvalue weighted by Crippen LogP contribution is 2.33. The van der Waals surface area contributed by atoms with Crippen molar-refractivity contribution >= 4 is 5.91 Å². The molecule has 3 aliphatic heterocycles. The molecule has 0 aromatic rings. The minimum absolute atomic E-state index is 0.193. The SMILES string of the molecule is CC/C=C\C/C=C\C/C=C\C/C=C\C/C=C\C/C=C\C/C=C\C/C=C\C/C=C\C/C=C\C/C=C\C/C=C\CCCCCCC(=O)NC(COC1OC(CO)C(OC2OC(CO)C(OC3OC(CO)C(O)C(O)C3O)C(O)C2O)C(O)C1O)C(O)/C=C/CC/C=C/CCCCC. The van der Waals surface area contributed by atoms with Crippen LogP contribution in [0.2, 0.25) is 0 Å². The Morgan fingerprint density at radius 2 is 0.737 bits per heavy atom. The average Bonchev–Trinajstić information content (AvgIpc) is 0.797. The molecule has 0 bridgehead atoms. The van der Waals surface area contributed by atoms with Gasteiger partial charge in [-0.05, 0) is 122 Å². The van der Waals surface area contributed by atoms with Gasteiger partial charge >= 0.3 is 0 Å². The molecular weight excluding hydrogens is 1210 g/mol. The van der Waals surface area contributed by atoms with Crippen molar-refractivity contribution < 1.29 is 89.4 Å². The summed E-state index contributed by atoms with van der Waals surface area (Å²) in [5.74, 6) is -0.322. The van der Waals surface area contributed by atoms with E-state index in [-0.39, 0.29) is 18.9 Å². The van der Waals surface area contributed by atoms with E-state index in [0.717, 1.165) is 128 Å². The van der Waals surface area contributed by atoms with E-state index in [4.69, 9.17) is 28.4 Å². The number of aliphatic hydroxyl groups excluding tert-OH is 11. The maximum absolute atomic E-state index is 13.3. The van der Waals surface area contributed by atoms with Gasteiger partial charge in [-0.1, -0.05) is 210 Å². The molecule has 0 saturated carbocycles. The van der Waals surface area contributed by atoms with E-state index in [1.807, 2.05) is 6.08 Å². The number of hydrogen-bond donors (Lipinski definition) is 12. The van der Waals surface area contributed by atoms with Gasteiger partial charge in [-0.2, -0.15) is 0 Å². The van der Waals surface area contributed by atoms with E-state index < -0.39 is 124 Å². The standard InChI is InChI=1S/C76H119NO18/c1-3-5-7-9-11-13-14-15-16-17-18-19-20-21-22-23-24-25-26-27-28-29-30-31-32-33-34-35-36-37-38-39-40-41-42-43-44-46-48-50-52-54-64(82)77-59(60(81)53-51-49-47-45-12-10-8-6-4-2)58-90-74-70(88)67(85)72(62(56-79)92-74)95-76-71(89)68(86)73(63(57-80)93-76)94-75-69(87)66(84)65(83)61(55-78)91-75/h5,7,11-13,15-16,18-19,21-22,24-25,27-28,30-31,33-34,36-37,39-40,42-43,45,51,53,59-63,65-76,78-81,83-89H,3-4,6,8-10,14,17,20,23,26,29,32,35,38,41,44,46-50,52,54-58H2,1-2H3,(H,77,82)/b7-5-,13-11-,16-15-,19-18-,22-21-,25-24-,28-27-,31-30-,34-33-,37-36-,40-39-,43-42-,45-12+,53-51+. The third-order valence-corrected chi connectivity index (χ3v) is 16.0. The minimum atomic E-state index is -1.99. The zero-order chi connectivity index (χ0) is 68.9. The Kier molecular flexibility index (Phi) is 48.9. The van der Waals surface area contributed by atoms with Crippen LogP contribution in [0.1, 0.15) is 168 Å². The predicted octanol–water partition coefficient (Wildman–Crippen LogP) is 9.49. The Morgan fingerprint density at radius 1 is 0.389 bits per heavy atom. The third-order valence-electron chi connectivity index (χ3n) is 16.0. The lowest BCUT2D eigenvalue weighted by Gasteiger charge is -2.48. The molecule has 95 heavy (non-hydrogen) atoms. The first-order chi connectivity index (χ1) is 46.3. The van der Waals surface area contributed by atoms with Crippen LogP contribution in [0.3, 0.4) is 0 Å². The molecule has 0 aliphatic carbocycles. The number of allylic oxidation sites excluding steroid dienone is 27. The fourth-order valence-corrected chi connectivity index (χ4v) is 10.4. The summed E-state index contributed by atoms with van der Waals surface area (Å²) in [5.41, 5.74) is 0. The summed E-state index contributed by atoms with van der Waals surface area (Å²) in [7, 11) is 0. The molecule has 17 atom stereocenters. The zero-order valence-corrected chi connectivity index (χ0v) is 56.6. The van der Waals surface area contributed by atoms with Crippen molar-refractivity contribution in [1.82, 2.24) is 5.32 Å². The number of unbranched alkanes of at least 4 members (excludes halogenated alkanes) is 8. The number of carbonyl (C=O) groups excluding carboxylic acids is 1. The third kappa shape index (κ3) is 36.5. The summed E-state index contributed by atoms with van der Waals surface area (Å²) in [6.07, 6.45) is 55.2. The van der Waals surface area contributed by atoms with Crippen molar-refractivity contribution in [3.05, 3.63) is 170 Å². The summed E-state index contributed by atoms with van der Waals surface area (Å²) in [6, 6.07) is -1.01. The molecule has 536 valence electrons. The molecule has 19 heteroatoms. The molecule has 3 aliphatic rings. The van der Waals surface area contributed by atoms with Gasteiger partial charge in [0, 0.05) is 6.42 Å². The second kappa shape index (κ2) is 55.1. The summed E-state index contributed by atoms with van der Waals surface area (Å²) in [4.78, 5) is 13.3. The maximum Gasteiger partial charge on any atom is 0.220 e. The van der Waals surface area contributed by atoms with Crippen molar-refractivity contribution in [1.29, 1.82) is 0 Å². The Hall–Kier alpha value is -4.85. The first-order valence-corrected chi connectivity index (χ1v) is 34.9. The van der Waals surface area contributed by atoms with E-state index in [1.165, 1.54) is 6.42 Å². The van der Waals surface area contributed by atoms with Gasteiger partial charge in [0.05, 0.1) is 38.6 Å². The fraction of sp³-hybridized carbons (Fsp3) is 0.618. The van der Waals surface area contributed by atoms with Crippen molar-refractivity contribution in [2.45, 2.75) is 272 Å². The van der Waals surface area contributed by atoms with Gasteiger partial charge in [-0.25, -0.2) is 0 Å². The molecule has 0 radical (unpaired) electrons. The molecule has 0 aromatic carbocycles. The van der Waals surface area contributed by atoms with Gasteiger partial charge in [-0.15, -0.1) is 0 Å². The van der Waals surface area contributed by atoms with E-state index in [9.17, 15) is 61.0 Å². The first kappa shape index (κ1) is 84.4. The fourth-order valence-electron chi connectivity index (χ4n) is 10.4. The quantitative estimate of drug-likeness (QED) is 0.0199. The molecule has 3 fully saturated rings. The van der Waals surface area contributed by atoms with Gasteiger partial charge in [0.25, 0.3) is 0 Å². The van der Waals surface area contributed by atoms with E-state index in [0.29, 0.717) is 12.8 Å². The van der Waals surface area contributed by atoms with Crippen LogP contribution in [0.4, 0.5) is 0 Å². The van der Waals surface area contributed by atoms with E-state index in [2.05, 4.69) is 177 Å². The van der Waals surface area contributed by atoms with Crippen LogP contribution in [0.5, 0.6) is 0 Å². The van der Waals surface area contributed by atoms with Crippen molar-refractivity contribution in [2.24, 2.45) is 0 Å². The van der Waals surface area contributed by atoms with Crippen LogP contribution < -0.4 is 5.32 Å². The smallest absolute Gasteiger partial charge is 0.220 e.